The van der Waals surface area contributed by atoms with Crippen LogP contribution in [0.3, 0.4) is 0 Å². The minimum absolute atomic E-state index is 0.300. The lowest BCUT2D eigenvalue weighted by Gasteiger charge is -2.11. The maximum atomic E-state index is 6.20. The summed E-state index contributed by atoms with van der Waals surface area (Å²) in [7, 11) is 0. The van der Waals surface area contributed by atoms with E-state index in [9.17, 15) is 0 Å². The van der Waals surface area contributed by atoms with Crippen LogP contribution >= 0.6 is 34.8 Å². The number of benzene rings is 1. The predicted molar refractivity (Wildman–Crippen MR) is 87.8 cm³/mol. The van der Waals surface area contributed by atoms with Gasteiger partial charge in [-0.2, -0.15) is 0 Å². The summed E-state index contributed by atoms with van der Waals surface area (Å²) >= 11 is 18.2. The van der Waals surface area contributed by atoms with Gasteiger partial charge in [0.25, 0.3) is 0 Å². The Hall–Kier alpha value is -1.000. The van der Waals surface area contributed by atoms with Crippen molar-refractivity contribution in [3.8, 4) is 11.6 Å². The van der Waals surface area contributed by atoms with Gasteiger partial charge in [-0.3, -0.25) is 0 Å². The van der Waals surface area contributed by atoms with Crippen LogP contribution in [0.15, 0.2) is 30.5 Å². The molecule has 1 aromatic heterocycles. The van der Waals surface area contributed by atoms with Gasteiger partial charge in [-0.05, 0) is 23.8 Å². The highest BCUT2D eigenvalue weighted by atomic mass is 35.5. The first-order valence-electron chi connectivity index (χ1n) is 6.47. The van der Waals surface area contributed by atoms with Crippen molar-refractivity contribution in [3.05, 3.63) is 51.1 Å². The quantitative estimate of drug-likeness (QED) is 0.795. The Labute approximate surface area is 139 Å². The van der Waals surface area contributed by atoms with Crippen molar-refractivity contribution in [2.45, 2.75) is 26.4 Å². The highest BCUT2D eigenvalue weighted by molar-refractivity contribution is 6.43. The third-order valence-electron chi connectivity index (χ3n) is 2.70. The smallest absolute Gasteiger partial charge is 0.238 e. The Bertz CT molecular complexity index is 632. The fourth-order valence-electron chi connectivity index (χ4n) is 1.63. The van der Waals surface area contributed by atoms with E-state index in [2.05, 4.69) is 24.1 Å². The van der Waals surface area contributed by atoms with E-state index in [1.165, 1.54) is 0 Å². The van der Waals surface area contributed by atoms with Crippen molar-refractivity contribution < 1.29 is 4.74 Å². The molecule has 0 fully saturated rings. The third-order valence-corrected chi connectivity index (χ3v) is 3.77. The second-order valence-electron chi connectivity index (χ2n) is 4.82. The molecule has 21 heavy (non-hydrogen) atoms. The fourth-order valence-corrected chi connectivity index (χ4v) is 2.18. The van der Waals surface area contributed by atoms with Crippen LogP contribution in [0, 0.1) is 0 Å². The number of ether oxygens (including phenoxy) is 1. The van der Waals surface area contributed by atoms with E-state index in [4.69, 9.17) is 39.5 Å². The molecule has 112 valence electrons. The van der Waals surface area contributed by atoms with E-state index in [1.54, 1.807) is 24.4 Å². The van der Waals surface area contributed by atoms with Gasteiger partial charge in [0.05, 0.1) is 5.02 Å². The Morgan fingerprint density at radius 1 is 1.19 bits per heavy atom. The molecule has 0 saturated carbocycles. The molecule has 0 aliphatic heterocycles. The normalized spacial score (nSPS) is 11.0. The van der Waals surface area contributed by atoms with E-state index in [-0.39, 0.29) is 0 Å². The highest BCUT2D eigenvalue weighted by Crippen LogP contribution is 2.36. The van der Waals surface area contributed by atoms with Gasteiger partial charge in [0.15, 0.2) is 0 Å². The molecule has 1 heterocycles. The van der Waals surface area contributed by atoms with Crippen LogP contribution in [-0.2, 0) is 6.54 Å². The van der Waals surface area contributed by atoms with Gasteiger partial charge in [0, 0.05) is 18.8 Å². The predicted octanol–water partition coefficient (Wildman–Crippen LogP) is 5.33. The Balaban J connectivity index is 2.16. The summed E-state index contributed by atoms with van der Waals surface area (Å²) in [6, 6.07) is 7.35. The van der Waals surface area contributed by atoms with E-state index in [0.29, 0.717) is 39.3 Å². The molecule has 2 aromatic rings. The lowest BCUT2D eigenvalue weighted by molar-refractivity contribution is 0.462. The molecule has 3 nitrogen and oxygen atoms in total. The van der Waals surface area contributed by atoms with Crippen molar-refractivity contribution in [3.63, 3.8) is 0 Å². The molecule has 0 bridgehead atoms. The third kappa shape index (κ3) is 4.48. The first kappa shape index (κ1) is 16.4. The summed E-state index contributed by atoms with van der Waals surface area (Å²) in [5.74, 6) is 0.723. The molecule has 0 amide bonds. The van der Waals surface area contributed by atoms with Crippen molar-refractivity contribution >= 4 is 34.8 Å². The van der Waals surface area contributed by atoms with Gasteiger partial charge in [-0.15, -0.1) is 0 Å². The molecule has 2 rings (SSSR count). The van der Waals surface area contributed by atoms with E-state index >= 15 is 0 Å². The number of hydrogen-bond acceptors (Lipinski definition) is 3. The van der Waals surface area contributed by atoms with Crippen LogP contribution in [0.25, 0.3) is 0 Å². The SMILES string of the molecule is CC(C)NCc1cnc(Oc2cccc(Cl)c2Cl)c(Cl)c1. The van der Waals surface area contributed by atoms with Gasteiger partial charge >= 0.3 is 0 Å². The van der Waals surface area contributed by atoms with Crippen LogP contribution in [0.2, 0.25) is 15.1 Å². The van der Waals surface area contributed by atoms with Crippen LogP contribution < -0.4 is 10.1 Å². The topological polar surface area (TPSA) is 34.2 Å². The maximum absolute atomic E-state index is 6.20. The number of nitrogens with zero attached hydrogens (tertiary/aromatic N) is 1. The Morgan fingerprint density at radius 2 is 1.95 bits per heavy atom. The standard InChI is InChI=1S/C15H15Cl3N2O/c1-9(2)19-7-10-6-12(17)15(20-8-10)21-13-5-3-4-11(16)14(13)18/h3-6,8-9,19H,7H2,1-2H3. The molecule has 0 unspecified atom stereocenters. The van der Waals surface area contributed by atoms with Crippen LogP contribution in [-0.4, -0.2) is 11.0 Å². The van der Waals surface area contributed by atoms with Gasteiger partial charge in [-0.1, -0.05) is 54.7 Å². The molecule has 0 atom stereocenters. The van der Waals surface area contributed by atoms with Crippen LogP contribution in [0.5, 0.6) is 11.6 Å². The zero-order valence-corrected chi connectivity index (χ0v) is 13.9. The summed E-state index contributed by atoms with van der Waals surface area (Å²) in [6.07, 6.45) is 1.72. The highest BCUT2D eigenvalue weighted by Gasteiger charge is 2.11. The Morgan fingerprint density at radius 3 is 2.62 bits per heavy atom. The summed E-state index contributed by atoms with van der Waals surface area (Å²) in [5.41, 5.74) is 0.984. The van der Waals surface area contributed by atoms with E-state index < -0.39 is 0 Å². The Kier molecular flexibility index (Phi) is 5.71. The molecule has 1 N–H and O–H groups in total. The minimum Gasteiger partial charge on any atom is -0.436 e. The summed E-state index contributed by atoms with van der Waals surface area (Å²) in [4.78, 5) is 4.23. The van der Waals surface area contributed by atoms with Gasteiger partial charge in [0.2, 0.25) is 5.88 Å². The van der Waals surface area contributed by atoms with Crippen LogP contribution in [0.4, 0.5) is 0 Å². The van der Waals surface area contributed by atoms with Crippen molar-refractivity contribution in [1.82, 2.24) is 10.3 Å². The second-order valence-corrected chi connectivity index (χ2v) is 6.01. The van der Waals surface area contributed by atoms with Gasteiger partial charge in [-0.25, -0.2) is 4.98 Å². The monoisotopic (exact) mass is 344 g/mol. The first-order chi connectivity index (χ1) is 9.97. The zero-order valence-electron chi connectivity index (χ0n) is 11.7. The lowest BCUT2D eigenvalue weighted by Crippen LogP contribution is -2.21. The van der Waals surface area contributed by atoms with Crippen molar-refractivity contribution in [2.24, 2.45) is 0 Å². The number of nitrogens with one attached hydrogen (secondary N) is 1. The van der Waals surface area contributed by atoms with Gasteiger partial charge < -0.3 is 10.1 Å². The zero-order chi connectivity index (χ0) is 15.4. The number of hydrogen-bond donors (Lipinski definition) is 1. The van der Waals surface area contributed by atoms with E-state index in [1.807, 2.05) is 6.07 Å². The average molecular weight is 346 g/mol. The lowest BCUT2D eigenvalue weighted by atomic mass is 10.2. The molecular formula is C15H15Cl3N2O. The second kappa shape index (κ2) is 7.32. The minimum atomic E-state index is 0.300. The average Bonchev–Trinajstić information content (AvgIpc) is 2.44. The van der Waals surface area contributed by atoms with E-state index in [0.717, 1.165) is 5.56 Å². The molecule has 0 saturated heterocycles. The molecule has 0 radical (unpaired) electrons. The molecule has 0 aliphatic rings. The number of rotatable bonds is 5. The number of pyridine rings is 1. The molecule has 0 aliphatic carbocycles. The molecule has 6 heteroatoms. The molecule has 1 aromatic carbocycles. The number of halogens is 3. The molecular weight excluding hydrogens is 331 g/mol. The molecule has 0 spiro atoms. The summed E-state index contributed by atoms with van der Waals surface area (Å²) < 4.78 is 5.62. The summed E-state index contributed by atoms with van der Waals surface area (Å²) in [6.45, 7) is 4.85. The maximum Gasteiger partial charge on any atom is 0.238 e. The summed E-state index contributed by atoms with van der Waals surface area (Å²) in [5, 5.41) is 4.48. The van der Waals surface area contributed by atoms with Gasteiger partial charge in [0.1, 0.15) is 15.8 Å². The van der Waals surface area contributed by atoms with Crippen molar-refractivity contribution in [2.75, 3.05) is 0 Å². The van der Waals surface area contributed by atoms with Crippen molar-refractivity contribution in [1.29, 1.82) is 0 Å². The fraction of sp³-hybridized carbons (Fsp3) is 0.267. The largest absolute Gasteiger partial charge is 0.436 e. The van der Waals surface area contributed by atoms with Crippen LogP contribution in [0.1, 0.15) is 19.4 Å². The number of aromatic nitrogens is 1. The first-order valence-corrected chi connectivity index (χ1v) is 7.60.